The van der Waals surface area contributed by atoms with E-state index < -0.39 is 24.0 Å². The highest BCUT2D eigenvalue weighted by Gasteiger charge is 2.27. The van der Waals surface area contributed by atoms with Crippen molar-refractivity contribution in [1.82, 2.24) is 15.6 Å². The molecule has 0 spiro atoms. The first-order chi connectivity index (χ1) is 28.2. The van der Waals surface area contributed by atoms with Gasteiger partial charge in [-0.25, -0.2) is 4.98 Å². The fourth-order valence-electron chi connectivity index (χ4n) is 6.23. The fourth-order valence-corrected chi connectivity index (χ4v) is 6.23. The number of hydrogen-bond acceptors (Lipinski definition) is 10. The number of pyridine rings is 1. The van der Waals surface area contributed by atoms with Gasteiger partial charge in [-0.2, -0.15) is 0 Å². The molecule has 1 aromatic heterocycles. The monoisotopic (exact) mass is 800 g/mol. The van der Waals surface area contributed by atoms with Crippen LogP contribution in [-0.4, -0.2) is 99.9 Å². The fraction of sp³-hybridized carbons (Fsp3) is 0.467. The summed E-state index contributed by atoms with van der Waals surface area (Å²) in [5, 5.41) is 20.7. The number of carboxylic acids is 1. The molecule has 13 nitrogen and oxygen atoms in total. The van der Waals surface area contributed by atoms with Crippen molar-refractivity contribution >= 4 is 34.4 Å². The molecular formula is C45H60N4O9. The van der Waals surface area contributed by atoms with Crippen LogP contribution in [0.25, 0.3) is 21.9 Å². The van der Waals surface area contributed by atoms with Gasteiger partial charge in [0.25, 0.3) is 0 Å². The van der Waals surface area contributed by atoms with E-state index in [4.69, 9.17) is 23.7 Å². The van der Waals surface area contributed by atoms with Crippen LogP contribution >= 0.6 is 0 Å². The van der Waals surface area contributed by atoms with Gasteiger partial charge < -0.3 is 44.7 Å². The van der Waals surface area contributed by atoms with Crippen LogP contribution in [0, 0.1) is 12.8 Å². The minimum absolute atomic E-state index is 0.217. The molecule has 4 N–H and O–H groups in total. The number of nitrogens with one attached hydrogen (secondary N) is 3. The smallest absolute Gasteiger partial charge is 0.305 e. The summed E-state index contributed by atoms with van der Waals surface area (Å²) in [4.78, 5) is 42.6. The lowest BCUT2D eigenvalue weighted by Gasteiger charge is -2.25. The molecule has 0 fully saturated rings. The molecule has 0 aliphatic carbocycles. The number of aliphatic carboxylic acids is 1. The van der Waals surface area contributed by atoms with Gasteiger partial charge in [-0.3, -0.25) is 14.4 Å². The van der Waals surface area contributed by atoms with Gasteiger partial charge in [-0.05, 0) is 71.5 Å². The normalized spacial score (nSPS) is 12.3. The molecule has 0 saturated carbocycles. The second-order valence-corrected chi connectivity index (χ2v) is 14.3. The molecular weight excluding hydrogens is 741 g/mol. The predicted octanol–water partition coefficient (Wildman–Crippen LogP) is 6.73. The molecule has 2 atom stereocenters. The number of nitrogens with zero attached hydrogens (tertiary/aromatic N) is 1. The molecule has 314 valence electrons. The van der Waals surface area contributed by atoms with Gasteiger partial charge in [-0.15, -0.1) is 0 Å². The number of carbonyl (C=O) groups is 3. The molecule has 4 aromatic rings. The van der Waals surface area contributed by atoms with Crippen molar-refractivity contribution in [3.63, 3.8) is 0 Å². The number of amides is 2. The largest absolute Gasteiger partial charge is 0.491 e. The number of aromatic nitrogens is 1. The lowest BCUT2D eigenvalue weighted by molar-refractivity contribution is -0.138. The Morgan fingerprint density at radius 1 is 0.759 bits per heavy atom. The number of benzene rings is 3. The van der Waals surface area contributed by atoms with E-state index in [2.05, 4.69) is 27.9 Å². The van der Waals surface area contributed by atoms with E-state index in [-0.39, 0.29) is 24.7 Å². The lowest BCUT2D eigenvalue weighted by atomic mass is 9.95. The molecule has 2 amide bonds. The number of aryl methyl sites for hydroxylation is 1. The summed E-state index contributed by atoms with van der Waals surface area (Å²) < 4.78 is 28.2. The molecule has 0 saturated heterocycles. The van der Waals surface area contributed by atoms with Crippen LogP contribution in [0.4, 0.5) is 5.82 Å². The first kappa shape index (κ1) is 45.6. The van der Waals surface area contributed by atoms with Gasteiger partial charge in [0.05, 0.1) is 58.7 Å². The molecule has 58 heavy (non-hydrogen) atoms. The Balaban J connectivity index is 1.28. The third-order valence-electron chi connectivity index (χ3n) is 9.22. The van der Waals surface area contributed by atoms with Crippen molar-refractivity contribution in [3.05, 3.63) is 90.1 Å². The van der Waals surface area contributed by atoms with E-state index >= 15 is 0 Å². The van der Waals surface area contributed by atoms with Gasteiger partial charge in [0.1, 0.15) is 24.2 Å². The van der Waals surface area contributed by atoms with E-state index in [1.54, 1.807) is 6.20 Å². The van der Waals surface area contributed by atoms with E-state index in [0.717, 1.165) is 52.1 Å². The Morgan fingerprint density at radius 2 is 1.40 bits per heavy atom. The van der Waals surface area contributed by atoms with Crippen LogP contribution in [0.1, 0.15) is 63.6 Å². The van der Waals surface area contributed by atoms with Crippen molar-refractivity contribution in [3.8, 4) is 16.9 Å². The molecule has 13 heteroatoms. The van der Waals surface area contributed by atoms with E-state index in [0.29, 0.717) is 71.4 Å². The average Bonchev–Trinajstić information content (AvgIpc) is 3.21. The van der Waals surface area contributed by atoms with Gasteiger partial charge in [0, 0.05) is 31.2 Å². The first-order valence-corrected chi connectivity index (χ1v) is 20.2. The maximum atomic E-state index is 13.5. The highest BCUT2D eigenvalue weighted by Crippen LogP contribution is 2.35. The van der Waals surface area contributed by atoms with E-state index in [1.165, 1.54) is 0 Å². The SMILES string of the molecule is CCCOCCOCCOCCOCCOc1ccc(-c2ccc([C@H](CC(=O)O)NC(=O)C(NC(=O)CCCNc3cc(C)ccn3)C(C)C)cc2)c2ccccc12. The molecule has 4 rings (SSSR count). The molecule has 0 aliphatic rings. The molecule has 1 heterocycles. The van der Waals surface area contributed by atoms with Crippen molar-refractivity contribution in [1.29, 1.82) is 0 Å². The van der Waals surface area contributed by atoms with Gasteiger partial charge in [-0.1, -0.05) is 75.4 Å². The van der Waals surface area contributed by atoms with Crippen LogP contribution in [0.2, 0.25) is 0 Å². The molecule has 1 unspecified atom stereocenters. The minimum Gasteiger partial charge on any atom is -0.491 e. The van der Waals surface area contributed by atoms with Crippen LogP contribution < -0.4 is 20.7 Å². The minimum atomic E-state index is -1.06. The van der Waals surface area contributed by atoms with Crippen LogP contribution in [0.15, 0.2) is 79.0 Å². The molecule has 0 radical (unpaired) electrons. The highest BCUT2D eigenvalue weighted by atomic mass is 16.6. The number of anilines is 1. The average molecular weight is 801 g/mol. The molecule has 3 aromatic carbocycles. The number of ether oxygens (including phenoxy) is 5. The lowest BCUT2D eigenvalue weighted by Crippen LogP contribution is -2.50. The first-order valence-electron chi connectivity index (χ1n) is 20.2. The van der Waals surface area contributed by atoms with Gasteiger partial charge in [0.2, 0.25) is 11.8 Å². The number of fused-ring (bicyclic) bond motifs is 1. The zero-order chi connectivity index (χ0) is 41.5. The Hall–Kier alpha value is -5.08. The van der Waals surface area contributed by atoms with Gasteiger partial charge >= 0.3 is 5.97 Å². The Morgan fingerprint density at radius 3 is 2.02 bits per heavy atom. The van der Waals surface area contributed by atoms with E-state index in [1.807, 2.05) is 93.6 Å². The standard InChI is InChI=1S/C45H60N4O9/c1-5-21-54-22-23-55-24-25-56-26-27-57-28-29-58-40-17-16-36(37-9-6-7-10-38(37)40)34-12-14-35(15-13-34)39(31-43(51)52)48-45(53)44(32(2)3)49-42(50)11-8-19-46-41-30-33(4)18-20-47-41/h6-7,9-10,12-18,20,30,32,39,44H,5,8,11,19,21-29,31H2,1-4H3,(H,46,47)(H,48,53)(H,49,50)(H,51,52)/t39-,44?/m0/s1. The molecule has 0 bridgehead atoms. The second-order valence-electron chi connectivity index (χ2n) is 14.3. The predicted molar refractivity (Wildman–Crippen MR) is 225 cm³/mol. The maximum Gasteiger partial charge on any atom is 0.305 e. The summed E-state index contributed by atoms with van der Waals surface area (Å²) >= 11 is 0. The Kier molecular flexibility index (Phi) is 19.9. The second kappa shape index (κ2) is 25.3. The third-order valence-corrected chi connectivity index (χ3v) is 9.22. The van der Waals surface area contributed by atoms with Crippen LogP contribution in [0.3, 0.4) is 0 Å². The summed E-state index contributed by atoms with van der Waals surface area (Å²) in [5.41, 5.74) is 3.62. The summed E-state index contributed by atoms with van der Waals surface area (Å²) in [7, 11) is 0. The quantitative estimate of drug-likeness (QED) is 0.0450. The number of carbonyl (C=O) groups excluding carboxylic acids is 2. The number of hydrogen-bond donors (Lipinski definition) is 4. The number of rotatable bonds is 28. The Bertz CT molecular complexity index is 1850. The maximum absolute atomic E-state index is 13.5. The van der Waals surface area contributed by atoms with E-state index in [9.17, 15) is 19.5 Å². The van der Waals surface area contributed by atoms with Crippen molar-refractivity contribution < 1.29 is 43.2 Å². The zero-order valence-corrected chi connectivity index (χ0v) is 34.3. The summed E-state index contributed by atoms with van der Waals surface area (Å²) in [6.07, 6.45) is 3.17. The summed E-state index contributed by atoms with van der Waals surface area (Å²) in [6.45, 7) is 12.9. The summed E-state index contributed by atoms with van der Waals surface area (Å²) in [5.74, 6) is -0.496. The topological polar surface area (TPSA) is 167 Å². The molecule has 0 aliphatic heterocycles. The highest BCUT2D eigenvalue weighted by molar-refractivity contribution is 6.00. The van der Waals surface area contributed by atoms with Gasteiger partial charge in [0.15, 0.2) is 0 Å². The van der Waals surface area contributed by atoms with Crippen molar-refractivity contribution in [2.24, 2.45) is 5.92 Å². The zero-order valence-electron chi connectivity index (χ0n) is 34.3. The third kappa shape index (κ3) is 15.7. The van der Waals surface area contributed by atoms with Crippen LogP contribution in [-0.2, 0) is 33.3 Å². The van der Waals surface area contributed by atoms with Crippen molar-refractivity contribution in [2.75, 3.05) is 71.3 Å². The Labute approximate surface area is 342 Å². The number of carboxylic acid groups (broad SMARTS) is 1. The van der Waals surface area contributed by atoms with Crippen LogP contribution in [0.5, 0.6) is 5.75 Å². The van der Waals surface area contributed by atoms with Crippen molar-refractivity contribution in [2.45, 2.75) is 65.5 Å². The summed E-state index contributed by atoms with van der Waals surface area (Å²) in [6, 6.07) is 21.6.